The minimum Gasteiger partial charge on any atom is -0.484 e. The van der Waals surface area contributed by atoms with Crippen molar-refractivity contribution in [1.82, 2.24) is 4.90 Å². The minimum atomic E-state index is -0.876. The predicted molar refractivity (Wildman–Crippen MR) is 94.4 cm³/mol. The highest BCUT2D eigenvalue weighted by Crippen LogP contribution is 2.24. The van der Waals surface area contributed by atoms with Crippen molar-refractivity contribution in [2.45, 2.75) is 26.7 Å². The van der Waals surface area contributed by atoms with Gasteiger partial charge in [-0.15, -0.1) is 0 Å². The van der Waals surface area contributed by atoms with E-state index in [2.05, 4.69) is 0 Å². The molecule has 7 heteroatoms. The van der Waals surface area contributed by atoms with Crippen molar-refractivity contribution in [3.05, 3.63) is 39.7 Å². The van der Waals surface area contributed by atoms with Crippen LogP contribution in [0.2, 0.25) is 0 Å². The second-order valence-electron chi connectivity index (χ2n) is 6.60. The maximum absolute atomic E-state index is 12.3. The van der Waals surface area contributed by atoms with Crippen LogP contribution in [0.25, 0.3) is 11.0 Å². The average molecular weight is 359 g/mol. The van der Waals surface area contributed by atoms with Crippen LogP contribution in [0.5, 0.6) is 5.75 Å². The Hall–Kier alpha value is -2.83. The molecule has 3 rings (SSSR count). The summed E-state index contributed by atoms with van der Waals surface area (Å²) in [6.07, 6.45) is 1.25. The predicted octanol–water partition coefficient (Wildman–Crippen LogP) is 2.11. The average Bonchev–Trinajstić information content (AvgIpc) is 2.64. The van der Waals surface area contributed by atoms with Gasteiger partial charge in [-0.25, -0.2) is 4.79 Å². The van der Waals surface area contributed by atoms with Gasteiger partial charge < -0.3 is 19.2 Å². The number of nitrogens with zero attached hydrogens (tertiary/aromatic N) is 1. The fraction of sp³-hybridized carbons (Fsp3) is 0.421. The monoisotopic (exact) mass is 359 g/mol. The van der Waals surface area contributed by atoms with E-state index in [4.69, 9.17) is 14.3 Å². The molecule has 1 aliphatic rings. The number of amides is 1. The Balaban J connectivity index is 1.69. The first kappa shape index (κ1) is 18.0. The van der Waals surface area contributed by atoms with Gasteiger partial charge in [-0.2, -0.15) is 0 Å². The maximum atomic E-state index is 12.3. The van der Waals surface area contributed by atoms with Crippen LogP contribution >= 0.6 is 0 Å². The fourth-order valence-corrected chi connectivity index (χ4v) is 3.16. The molecule has 0 radical (unpaired) electrons. The number of likely N-dealkylation sites (tertiary alicyclic amines) is 1. The lowest BCUT2D eigenvalue weighted by Gasteiger charge is -2.30. The Bertz CT molecular complexity index is 916. The molecular formula is C19H21NO6. The highest BCUT2D eigenvalue weighted by Gasteiger charge is 2.28. The first-order chi connectivity index (χ1) is 12.4. The molecule has 138 valence electrons. The number of rotatable bonds is 4. The van der Waals surface area contributed by atoms with Crippen LogP contribution in [0.1, 0.15) is 24.0 Å². The standard InChI is InChI=1S/C19H21NO6/c1-11-12(2)19(24)26-16-8-14(5-6-15(11)16)25-10-17(21)20-7-3-4-13(9-20)18(22)23/h5-6,8,13H,3-4,7,9-10H2,1-2H3,(H,22,23)/t13-/m1/s1. The van der Waals surface area contributed by atoms with Gasteiger partial charge >= 0.3 is 11.6 Å². The molecule has 0 bridgehead atoms. The second kappa shape index (κ2) is 7.19. The Kier molecular flexibility index (Phi) is 4.97. The van der Waals surface area contributed by atoms with E-state index in [1.165, 1.54) is 4.90 Å². The molecule has 0 spiro atoms. The third kappa shape index (κ3) is 3.56. The lowest BCUT2D eigenvalue weighted by atomic mass is 9.98. The first-order valence-corrected chi connectivity index (χ1v) is 8.54. The summed E-state index contributed by atoms with van der Waals surface area (Å²) in [6, 6.07) is 5.10. The topological polar surface area (TPSA) is 97.1 Å². The van der Waals surface area contributed by atoms with E-state index in [0.717, 1.165) is 10.9 Å². The van der Waals surface area contributed by atoms with Gasteiger partial charge in [0.05, 0.1) is 5.92 Å². The van der Waals surface area contributed by atoms with E-state index >= 15 is 0 Å². The molecular weight excluding hydrogens is 338 g/mol. The molecule has 1 aromatic carbocycles. The van der Waals surface area contributed by atoms with E-state index in [0.29, 0.717) is 36.3 Å². The summed E-state index contributed by atoms with van der Waals surface area (Å²) in [5.41, 5.74) is 1.44. The summed E-state index contributed by atoms with van der Waals surface area (Å²) in [6.45, 7) is 4.13. The van der Waals surface area contributed by atoms with Gasteiger partial charge in [0.15, 0.2) is 6.61 Å². The summed E-state index contributed by atoms with van der Waals surface area (Å²) in [7, 11) is 0. The lowest BCUT2D eigenvalue weighted by molar-refractivity contribution is -0.146. The highest BCUT2D eigenvalue weighted by molar-refractivity contribution is 5.83. The van der Waals surface area contributed by atoms with Gasteiger partial charge in [0.25, 0.3) is 5.91 Å². The van der Waals surface area contributed by atoms with E-state index in [9.17, 15) is 14.4 Å². The number of carbonyl (C=O) groups excluding carboxylic acids is 1. The Morgan fingerprint density at radius 2 is 2.08 bits per heavy atom. The molecule has 1 aliphatic heterocycles. The summed E-state index contributed by atoms with van der Waals surface area (Å²) >= 11 is 0. The highest BCUT2D eigenvalue weighted by atomic mass is 16.5. The zero-order valence-corrected chi connectivity index (χ0v) is 14.8. The van der Waals surface area contributed by atoms with Crippen LogP contribution in [0.3, 0.4) is 0 Å². The number of ether oxygens (including phenoxy) is 1. The molecule has 2 heterocycles. The van der Waals surface area contributed by atoms with Crippen LogP contribution in [-0.4, -0.2) is 41.6 Å². The number of piperidine rings is 1. The Morgan fingerprint density at radius 1 is 1.31 bits per heavy atom. The molecule has 0 aliphatic carbocycles. The van der Waals surface area contributed by atoms with Crippen molar-refractivity contribution < 1.29 is 23.8 Å². The normalized spacial score (nSPS) is 17.3. The zero-order chi connectivity index (χ0) is 18.8. The lowest BCUT2D eigenvalue weighted by Crippen LogP contribution is -2.44. The summed E-state index contributed by atoms with van der Waals surface area (Å²) in [5, 5.41) is 9.93. The molecule has 1 amide bonds. The van der Waals surface area contributed by atoms with Crippen molar-refractivity contribution in [3.8, 4) is 5.75 Å². The summed E-state index contributed by atoms with van der Waals surface area (Å²) < 4.78 is 10.8. The number of carbonyl (C=O) groups is 2. The van der Waals surface area contributed by atoms with Crippen molar-refractivity contribution >= 4 is 22.8 Å². The SMILES string of the molecule is Cc1c(C)c2ccc(OCC(=O)N3CCC[C@@H](C(=O)O)C3)cc2oc1=O. The summed E-state index contributed by atoms with van der Waals surface area (Å²) in [5.74, 6) is -1.23. The number of carboxylic acid groups (broad SMARTS) is 1. The number of benzene rings is 1. The zero-order valence-electron chi connectivity index (χ0n) is 14.8. The Labute approximate surface area is 150 Å². The number of hydrogen-bond acceptors (Lipinski definition) is 5. The first-order valence-electron chi connectivity index (χ1n) is 8.54. The van der Waals surface area contributed by atoms with Gasteiger partial charge in [0.2, 0.25) is 0 Å². The van der Waals surface area contributed by atoms with Crippen molar-refractivity contribution in [1.29, 1.82) is 0 Å². The molecule has 2 aromatic rings. The summed E-state index contributed by atoms with van der Waals surface area (Å²) in [4.78, 5) is 36.7. The van der Waals surface area contributed by atoms with Crippen molar-refractivity contribution in [3.63, 3.8) is 0 Å². The van der Waals surface area contributed by atoms with Crippen LogP contribution in [0.4, 0.5) is 0 Å². The van der Waals surface area contributed by atoms with Gasteiger partial charge in [0.1, 0.15) is 11.3 Å². The minimum absolute atomic E-state index is 0.188. The Morgan fingerprint density at radius 3 is 2.81 bits per heavy atom. The number of aliphatic carboxylic acids is 1. The third-order valence-electron chi connectivity index (χ3n) is 4.91. The number of aryl methyl sites for hydroxylation is 1. The van der Waals surface area contributed by atoms with E-state index < -0.39 is 17.5 Å². The van der Waals surface area contributed by atoms with Gasteiger partial charge in [-0.3, -0.25) is 9.59 Å². The maximum Gasteiger partial charge on any atom is 0.339 e. The third-order valence-corrected chi connectivity index (χ3v) is 4.91. The van der Waals surface area contributed by atoms with E-state index in [1.54, 1.807) is 25.1 Å². The van der Waals surface area contributed by atoms with E-state index in [-0.39, 0.29) is 19.1 Å². The van der Waals surface area contributed by atoms with Gasteiger partial charge in [-0.1, -0.05) is 0 Å². The molecule has 1 fully saturated rings. The van der Waals surface area contributed by atoms with Crippen molar-refractivity contribution in [2.24, 2.45) is 5.92 Å². The number of fused-ring (bicyclic) bond motifs is 1. The molecule has 26 heavy (non-hydrogen) atoms. The van der Waals surface area contributed by atoms with Crippen LogP contribution in [0.15, 0.2) is 27.4 Å². The fourth-order valence-electron chi connectivity index (χ4n) is 3.16. The molecule has 0 saturated carbocycles. The van der Waals surface area contributed by atoms with Crippen LogP contribution in [0, 0.1) is 19.8 Å². The molecule has 0 unspecified atom stereocenters. The number of carboxylic acids is 1. The molecule has 1 saturated heterocycles. The molecule has 1 aromatic heterocycles. The van der Waals surface area contributed by atoms with Gasteiger partial charge in [0, 0.05) is 30.1 Å². The largest absolute Gasteiger partial charge is 0.484 e. The van der Waals surface area contributed by atoms with Crippen LogP contribution < -0.4 is 10.4 Å². The quantitative estimate of drug-likeness (QED) is 0.840. The second-order valence-corrected chi connectivity index (χ2v) is 6.60. The molecule has 7 nitrogen and oxygen atoms in total. The smallest absolute Gasteiger partial charge is 0.339 e. The number of hydrogen-bond donors (Lipinski definition) is 1. The van der Waals surface area contributed by atoms with E-state index in [1.807, 2.05) is 6.92 Å². The van der Waals surface area contributed by atoms with Crippen LogP contribution in [-0.2, 0) is 9.59 Å². The molecule has 1 N–H and O–H groups in total. The van der Waals surface area contributed by atoms with Gasteiger partial charge in [-0.05, 0) is 44.4 Å². The van der Waals surface area contributed by atoms with Crippen molar-refractivity contribution in [2.75, 3.05) is 19.7 Å². The molecule has 1 atom stereocenters.